The van der Waals surface area contributed by atoms with E-state index in [1.54, 1.807) is 26.8 Å². The van der Waals surface area contributed by atoms with Crippen LogP contribution in [0.25, 0.3) is 0 Å². The Bertz CT molecular complexity index is 705. The number of aliphatic hydroxyl groups excluding tert-OH is 3. The van der Waals surface area contributed by atoms with E-state index in [1.807, 2.05) is 0 Å². The molecule has 6 heteroatoms. The fourth-order valence-corrected chi connectivity index (χ4v) is 4.93. The number of carboxylic acids is 1. The molecule has 2 unspecified atom stereocenters. The van der Waals surface area contributed by atoms with Crippen LogP contribution in [0, 0.1) is 31.5 Å². The number of aliphatic hydroxyl groups is 3. The number of aryl methyl sites for hydroxylation is 1. The molecular formula is C24H37FO5. The second kappa shape index (κ2) is 11.2. The number of hydrogen-bond acceptors (Lipinski definition) is 4. The Hall–Kier alpha value is -1.50. The van der Waals surface area contributed by atoms with E-state index in [-0.39, 0.29) is 17.7 Å². The zero-order valence-electron chi connectivity index (χ0n) is 18.4. The van der Waals surface area contributed by atoms with Crippen molar-refractivity contribution in [1.82, 2.24) is 0 Å². The van der Waals surface area contributed by atoms with Gasteiger partial charge in [0.25, 0.3) is 0 Å². The highest BCUT2D eigenvalue weighted by Crippen LogP contribution is 2.39. The Balaban J connectivity index is 1.87. The molecule has 1 saturated carbocycles. The second-order valence-corrected chi connectivity index (χ2v) is 9.11. The first-order valence-corrected chi connectivity index (χ1v) is 11.2. The van der Waals surface area contributed by atoms with E-state index in [9.17, 15) is 29.6 Å². The van der Waals surface area contributed by atoms with Gasteiger partial charge in [0.05, 0.1) is 24.2 Å². The fourth-order valence-electron chi connectivity index (χ4n) is 4.93. The number of carboxylic acid groups (broad SMARTS) is 1. The lowest BCUT2D eigenvalue weighted by Crippen LogP contribution is -2.23. The first kappa shape index (κ1) is 24.8. The summed E-state index contributed by atoms with van der Waals surface area (Å²) in [5.41, 5.74) is 1.67. The summed E-state index contributed by atoms with van der Waals surface area (Å²) in [7, 11) is 0. The molecule has 0 radical (unpaired) electrons. The van der Waals surface area contributed by atoms with E-state index < -0.39 is 30.2 Å². The molecule has 6 atom stereocenters. The van der Waals surface area contributed by atoms with Crippen molar-refractivity contribution >= 4 is 5.97 Å². The van der Waals surface area contributed by atoms with Crippen molar-refractivity contribution in [3.05, 3.63) is 34.6 Å². The van der Waals surface area contributed by atoms with Crippen molar-refractivity contribution in [2.75, 3.05) is 0 Å². The van der Waals surface area contributed by atoms with Crippen molar-refractivity contribution in [1.29, 1.82) is 0 Å². The molecule has 5 nitrogen and oxygen atoms in total. The van der Waals surface area contributed by atoms with Crippen LogP contribution in [-0.4, -0.2) is 44.7 Å². The van der Waals surface area contributed by atoms with E-state index in [2.05, 4.69) is 0 Å². The van der Waals surface area contributed by atoms with Crippen molar-refractivity contribution < 1.29 is 29.6 Å². The third-order valence-corrected chi connectivity index (χ3v) is 6.67. The topological polar surface area (TPSA) is 98.0 Å². The Morgan fingerprint density at radius 3 is 2.30 bits per heavy atom. The predicted molar refractivity (Wildman–Crippen MR) is 114 cm³/mol. The van der Waals surface area contributed by atoms with Gasteiger partial charge in [0.2, 0.25) is 0 Å². The number of hydrogen-bond donors (Lipinski definition) is 4. The molecule has 1 aromatic rings. The van der Waals surface area contributed by atoms with E-state index in [0.717, 1.165) is 24.8 Å². The summed E-state index contributed by atoms with van der Waals surface area (Å²) in [5.74, 6) is -2.01. The molecule has 0 aromatic heterocycles. The van der Waals surface area contributed by atoms with Gasteiger partial charge >= 0.3 is 5.97 Å². The van der Waals surface area contributed by atoms with Gasteiger partial charge in [-0.3, -0.25) is 4.79 Å². The average Bonchev–Trinajstić information content (AvgIpc) is 2.92. The molecular weight excluding hydrogens is 387 g/mol. The first-order valence-electron chi connectivity index (χ1n) is 11.2. The summed E-state index contributed by atoms with van der Waals surface area (Å²) in [6.07, 6.45) is 3.80. The average molecular weight is 425 g/mol. The highest BCUT2D eigenvalue weighted by atomic mass is 19.1. The molecule has 30 heavy (non-hydrogen) atoms. The van der Waals surface area contributed by atoms with Gasteiger partial charge in [-0.1, -0.05) is 25.3 Å². The molecule has 1 aromatic carbocycles. The van der Waals surface area contributed by atoms with Crippen LogP contribution in [0.3, 0.4) is 0 Å². The zero-order chi connectivity index (χ0) is 22.4. The number of halogens is 1. The lowest BCUT2D eigenvalue weighted by Gasteiger charge is -2.24. The van der Waals surface area contributed by atoms with Crippen LogP contribution in [0.1, 0.15) is 80.9 Å². The Morgan fingerprint density at radius 2 is 1.70 bits per heavy atom. The molecule has 4 N–H and O–H groups in total. The fraction of sp³-hybridized carbons (Fsp3) is 0.708. The number of unbranched alkanes of at least 4 members (excludes halogenated alkanes) is 2. The van der Waals surface area contributed by atoms with Crippen LogP contribution in [0.4, 0.5) is 4.39 Å². The van der Waals surface area contributed by atoms with Gasteiger partial charge in [-0.15, -0.1) is 0 Å². The summed E-state index contributed by atoms with van der Waals surface area (Å²) in [5, 5.41) is 39.7. The molecule has 1 aliphatic carbocycles. The van der Waals surface area contributed by atoms with Gasteiger partial charge < -0.3 is 20.4 Å². The minimum Gasteiger partial charge on any atom is -0.481 e. The highest BCUT2D eigenvalue weighted by molar-refractivity contribution is 5.76. The molecule has 1 fully saturated rings. The van der Waals surface area contributed by atoms with Crippen molar-refractivity contribution in [3.63, 3.8) is 0 Å². The summed E-state index contributed by atoms with van der Waals surface area (Å²) in [4.78, 5) is 11.8. The lowest BCUT2D eigenvalue weighted by molar-refractivity contribution is -0.139. The van der Waals surface area contributed by atoms with Crippen LogP contribution in [0.2, 0.25) is 0 Å². The third kappa shape index (κ3) is 6.50. The quantitative estimate of drug-likeness (QED) is 0.401. The Labute approximate surface area is 178 Å². The van der Waals surface area contributed by atoms with Crippen molar-refractivity contribution in [2.24, 2.45) is 11.8 Å². The van der Waals surface area contributed by atoms with Gasteiger partial charge in [-0.25, -0.2) is 4.39 Å². The SMILES string of the molecule is Cc1cc(F)c(C)c(C(CCCCC[C@@H]2[C@@H](CCC(C)O)[C@H](O)C[C@@H]2O)C(=O)O)c1. The molecule has 0 bridgehead atoms. The minimum atomic E-state index is -0.935. The summed E-state index contributed by atoms with van der Waals surface area (Å²) in [6, 6.07) is 3.19. The largest absolute Gasteiger partial charge is 0.481 e. The first-order chi connectivity index (χ1) is 14.1. The van der Waals surface area contributed by atoms with Gasteiger partial charge in [0, 0.05) is 0 Å². The van der Waals surface area contributed by atoms with Crippen LogP contribution in [-0.2, 0) is 4.79 Å². The molecule has 0 spiro atoms. The monoisotopic (exact) mass is 424 g/mol. The van der Waals surface area contributed by atoms with Crippen LogP contribution >= 0.6 is 0 Å². The molecule has 0 heterocycles. The maximum Gasteiger partial charge on any atom is 0.310 e. The Kier molecular flexibility index (Phi) is 9.26. The Morgan fingerprint density at radius 1 is 1.07 bits per heavy atom. The third-order valence-electron chi connectivity index (χ3n) is 6.67. The molecule has 1 aliphatic rings. The van der Waals surface area contributed by atoms with Crippen molar-refractivity contribution in [3.8, 4) is 0 Å². The maximum absolute atomic E-state index is 14.0. The van der Waals surface area contributed by atoms with Crippen LogP contribution in [0.15, 0.2) is 12.1 Å². The van der Waals surface area contributed by atoms with Gasteiger partial charge in [-0.05, 0) is 87.5 Å². The van der Waals surface area contributed by atoms with E-state index in [0.29, 0.717) is 43.2 Å². The lowest BCUT2D eigenvalue weighted by atomic mass is 9.84. The van der Waals surface area contributed by atoms with E-state index in [4.69, 9.17) is 0 Å². The molecule has 2 rings (SSSR count). The standard InChI is InChI=1S/C24H37FO5/c1-14-11-20(16(3)21(25)12-14)19(24(29)30)8-6-4-5-7-17-18(10-9-15(2)26)23(28)13-22(17)27/h11-12,15,17-19,22-23,26-28H,4-10,13H2,1-3H3,(H,29,30)/t15?,17-,18-,19?,22+,23-/m1/s1. The molecule has 0 saturated heterocycles. The predicted octanol–water partition coefficient (Wildman–Crippen LogP) is 4.08. The van der Waals surface area contributed by atoms with Crippen LogP contribution in [0.5, 0.6) is 0 Å². The smallest absolute Gasteiger partial charge is 0.310 e. The van der Waals surface area contributed by atoms with Gasteiger partial charge in [0.15, 0.2) is 0 Å². The molecule has 170 valence electrons. The number of aliphatic carboxylic acids is 1. The maximum atomic E-state index is 14.0. The number of rotatable bonds is 11. The minimum absolute atomic E-state index is 0.000660. The summed E-state index contributed by atoms with van der Waals surface area (Å²) in [6.45, 7) is 5.12. The van der Waals surface area contributed by atoms with Gasteiger partial charge in [-0.2, -0.15) is 0 Å². The van der Waals surface area contributed by atoms with E-state index >= 15 is 0 Å². The number of carbonyl (C=O) groups is 1. The van der Waals surface area contributed by atoms with Crippen LogP contribution < -0.4 is 0 Å². The van der Waals surface area contributed by atoms with E-state index in [1.165, 1.54) is 6.07 Å². The zero-order valence-corrected chi connectivity index (χ0v) is 18.4. The number of benzene rings is 1. The molecule has 0 aliphatic heterocycles. The van der Waals surface area contributed by atoms with Gasteiger partial charge in [0.1, 0.15) is 5.82 Å². The highest BCUT2D eigenvalue weighted by Gasteiger charge is 2.40. The van der Waals surface area contributed by atoms with Crippen molar-refractivity contribution in [2.45, 2.75) is 96.4 Å². The normalized spacial score (nSPS) is 26.0. The molecule has 0 amide bonds. The summed E-state index contributed by atoms with van der Waals surface area (Å²) >= 11 is 0. The second-order valence-electron chi connectivity index (χ2n) is 9.11. The summed E-state index contributed by atoms with van der Waals surface area (Å²) < 4.78 is 14.0.